The SMILES string of the molecule is Cc1cnn([C@H](CC#N)C2CCCC2)c1. The molecule has 15 heavy (non-hydrogen) atoms. The van der Waals surface area contributed by atoms with Crippen molar-refractivity contribution in [1.82, 2.24) is 9.78 Å². The largest absolute Gasteiger partial charge is 0.268 e. The number of rotatable bonds is 3. The first kappa shape index (κ1) is 10.2. The summed E-state index contributed by atoms with van der Waals surface area (Å²) in [6, 6.07) is 2.59. The van der Waals surface area contributed by atoms with E-state index in [4.69, 9.17) is 5.26 Å². The van der Waals surface area contributed by atoms with Crippen LogP contribution in [0.3, 0.4) is 0 Å². The van der Waals surface area contributed by atoms with E-state index >= 15 is 0 Å². The molecular weight excluding hydrogens is 186 g/mol. The van der Waals surface area contributed by atoms with Crippen LogP contribution in [0.2, 0.25) is 0 Å². The van der Waals surface area contributed by atoms with Crippen LogP contribution < -0.4 is 0 Å². The van der Waals surface area contributed by atoms with Crippen LogP contribution in [0.25, 0.3) is 0 Å². The van der Waals surface area contributed by atoms with E-state index in [2.05, 4.69) is 17.4 Å². The highest BCUT2D eigenvalue weighted by molar-refractivity contribution is 5.02. The summed E-state index contributed by atoms with van der Waals surface area (Å²) in [6.45, 7) is 2.04. The molecule has 0 saturated heterocycles. The number of hydrogen-bond donors (Lipinski definition) is 0. The van der Waals surface area contributed by atoms with E-state index in [1.165, 1.54) is 31.2 Å². The van der Waals surface area contributed by atoms with Crippen molar-refractivity contribution in [3.63, 3.8) is 0 Å². The van der Waals surface area contributed by atoms with E-state index in [0.717, 1.165) is 0 Å². The molecule has 0 N–H and O–H groups in total. The predicted molar refractivity (Wildman–Crippen MR) is 58.2 cm³/mol. The van der Waals surface area contributed by atoms with Crippen LogP contribution in [0.15, 0.2) is 12.4 Å². The van der Waals surface area contributed by atoms with E-state index in [-0.39, 0.29) is 0 Å². The molecule has 1 aliphatic carbocycles. The van der Waals surface area contributed by atoms with Crippen LogP contribution in [0.5, 0.6) is 0 Å². The van der Waals surface area contributed by atoms with Gasteiger partial charge in [0.05, 0.1) is 24.7 Å². The third-order valence-corrected chi connectivity index (χ3v) is 3.31. The molecule has 1 saturated carbocycles. The van der Waals surface area contributed by atoms with Crippen molar-refractivity contribution in [2.75, 3.05) is 0 Å². The molecule has 1 aliphatic rings. The minimum atomic E-state index is 0.297. The lowest BCUT2D eigenvalue weighted by atomic mass is 9.96. The Morgan fingerprint density at radius 1 is 1.60 bits per heavy atom. The molecular formula is C12H17N3. The van der Waals surface area contributed by atoms with Crippen molar-refractivity contribution in [2.45, 2.75) is 45.1 Å². The third-order valence-electron chi connectivity index (χ3n) is 3.31. The van der Waals surface area contributed by atoms with Gasteiger partial charge in [-0.15, -0.1) is 0 Å². The zero-order valence-electron chi connectivity index (χ0n) is 9.19. The molecule has 3 nitrogen and oxygen atoms in total. The van der Waals surface area contributed by atoms with Crippen molar-refractivity contribution in [3.05, 3.63) is 18.0 Å². The summed E-state index contributed by atoms with van der Waals surface area (Å²) in [7, 11) is 0. The van der Waals surface area contributed by atoms with E-state index < -0.39 is 0 Å². The zero-order chi connectivity index (χ0) is 10.7. The van der Waals surface area contributed by atoms with E-state index in [0.29, 0.717) is 18.4 Å². The van der Waals surface area contributed by atoms with Crippen LogP contribution in [-0.4, -0.2) is 9.78 Å². The van der Waals surface area contributed by atoms with Crippen LogP contribution >= 0.6 is 0 Å². The van der Waals surface area contributed by atoms with Crippen LogP contribution in [0.1, 0.15) is 43.7 Å². The van der Waals surface area contributed by atoms with Crippen molar-refractivity contribution in [2.24, 2.45) is 5.92 Å². The summed E-state index contributed by atoms with van der Waals surface area (Å²) in [6.07, 6.45) is 9.65. The maximum Gasteiger partial charge on any atom is 0.0677 e. The van der Waals surface area contributed by atoms with Gasteiger partial charge < -0.3 is 0 Å². The van der Waals surface area contributed by atoms with Gasteiger partial charge in [0.25, 0.3) is 0 Å². The topological polar surface area (TPSA) is 41.6 Å². The van der Waals surface area contributed by atoms with E-state index in [1.807, 2.05) is 17.8 Å². The van der Waals surface area contributed by atoms with Gasteiger partial charge >= 0.3 is 0 Å². The number of hydrogen-bond acceptors (Lipinski definition) is 2. The fourth-order valence-corrected chi connectivity index (χ4v) is 2.53. The Hall–Kier alpha value is -1.30. The average molecular weight is 203 g/mol. The van der Waals surface area contributed by atoms with Crippen molar-refractivity contribution in [1.29, 1.82) is 5.26 Å². The Kier molecular flexibility index (Phi) is 3.05. The lowest BCUT2D eigenvalue weighted by Crippen LogP contribution is -2.17. The highest BCUT2D eigenvalue weighted by Crippen LogP contribution is 2.35. The maximum atomic E-state index is 8.87. The van der Waals surface area contributed by atoms with Gasteiger partial charge in [-0.1, -0.05) is 12.8 Å². The highest BCUT2D eigenvalue weighted by atomic mass is 15.3. The van der Waals surface area contributed by atoms with Gasteiger partial charge in [-0.3, -0.25) is 4.68 Å². The summed E-state index contributed by atoms with van der Waals surface area (Å²) in [4.78, 5) is 0. The Morgan fingerprint density at radius 3 is 2.87 bits per heavy atom. The molecule has 0 amide bonds. The minimum Gasteiger partial charge on any atom is -0.268 e. The normalized spacial score (nSPS) is 18.9. The lowest BCUT2D eigenvalue weighted by molar-refractivity contribution is 0.314. The minimum absolute atomic E-state index is 0.297. The van der Waals surface area contributed by atoms with Gasteiger partial charge in [-0.05, 0) is 31.2 Å². The molecule has 2 rings (SSSR count). The summed E-state index contributed by atoms with van der Waals surface area (Å²) >= 11 is 0. The van der Waals surface area contributed by atoms with Crippen LogP contribution in [0.4, 0.5) is 0 Å². The predicted octanol–water partition coefficient (Wildman–Crippen LogP) is 2.84. The molecule has 1 aromatic heterocycles. The van der Waals surface area contributed by atoms with E-state index in [9.17, 15) is 0 Å². The first-order valence-corrected chi connectivity index (χ1v) is 5.69. The Morgan fingerprint density at radius 2 is 2.33 bits per heavy atom. The maximum absolute atomic E-state index is 8.87. The Balaban J connectivity index is 2.15. The summed E-state index contributed by atoms with van der Waals surface area (Å²) in [5.41, 5.74) is 1.18. The lowest BCUT2D eigenvalue weighted by Gasteiger charge is -2.21. The van der Waals surface area contributed by atoms with Gasteiger partial charge in [0.15, 0.2) is 0 Å². The molecule has 0 bridgehead atoms. The van der Waals surface area contributed by atoms with Gasteiger partial charge in [-0.25, -0.2) is 0 Å². The second-order valence-electron chi connectivity index (χ2n) is 4.47. The van der Waals surface area contributed by atoms with Crippen molar-refractivity contribution < 1.29 is 0 Å². The molecule has 1 heterocycles. The molecule has 0 aromatic carbocycles. The number of aromatic nitrogens is 2. The monoisotopic (exact) mass is 203 g/mol. The van der Waals surface area contributed by atoms with Gasteiger partial charge in [0.1, 0.15) is 0 Å². The molecule has 0 aliphatic heterocycles. The van der Waals surface area contributed by atoms with Crippen LogP contribution in [-0.2, 0) is 0 Å². The molecule has 1 fully saturated rings. The molecule has 1 atom stereocenters. The first-order valence-electron chi connectivity index (χ1n) is 5.69. The standard InChI is InChI=1S/C12H17N3/c1-10-8-14-15(9-10)12(6-7-13)11-4-2-3-5-11/h8-9,11-12H,2-6H2,1H3/t12-/m1/s1. The van der Waals surface area contributed by atoms with E-state index in [1.54, 1.807) is 0 Å². The fourth-order valence-electron chi connectivity index (χ4n) is 2.53. The molecule has 80 valence electrons. The molecule has 3 heteroatoms. The Bertz CT molecular complexity index is 355. The fraction of sp³-hybridized carbons (Fsp3) is 0.667. The molecule has 0 spiro atoms. The van der Waals surface area contributed by atoms with Gasteiger partial charge in [0, 0.05) is 6.20 Å². The van der Waals surface area contributed by atoms with Crippen molar-refractivity contribution in [3.8, 4) is 6.07 Å². The number of nitrogens with zero attached hydrogens (tertiary/aromatic N) is 3. The summed E-state index contributed by atoms with van der Waals surface area (Å²) < 4.78 is 1.99. The summed E-state index contributed by atoms with van der Waals surface area (Å²) in [5.74, 6) is 0.656. The van der Waals surface area contributed by atoms with Gasteiger partial charge in [0.2, 0.25) is 0 Å². The quantitative estimate of drug-likeness (QED) is 0.758. The molecule has 0 radical (unpaired) electrons. The van der Waals surface area contributed by atoms with Gasteiger partial charge in [-0.2, -0.15) is 10.4 Å². The average Bonchev–Trinajstić information content (AvgIpc) is 2.85. The first-order chi connectivity index (χ1) is 7.31. The smallest absolute Gasteiger partial charge is 0.0677 e. The van der Waals surface area contributed by atoms with Crippen LogP contribution in [0, 0.1) is 24.2 Å². The number of aryl methyl sites for hydroxylation is 1. The summed E-state index contributed by atoms with van der Waals surface area (Å²) in [5, 5.41) is 13.2. The zero-order valence-corrected chi connectivity index (χ0v) is 9.19. The highest BCUT2D eigenvalue weighted by Gasteiger charge is 2.26. The Labute approximate surface area is 90.7 Å². The molecule has 1 aromatic rings. The second-order valence-corrected chi connectivity index (χ2v) is 4.47. The van der Waals surface area contributed by atoms with Crippen molar-refractivity contribution >= 4 is 0 Å². The number of nitriles is 1. The third kappa shape index (κ3) is 2.20. The molecule has 0 unspecified atom stereocenters. The second kappa shape index (κ2) is 4.48.